The summed E-state index contributed by atoms with van der Waals surface area (Å²) in [5.41, 5.74) is 0.416. The normalized spacial score (nSPS) is 12.6. The van der Waals surface area contributed by atoms with E-state index in [1.807, 2.05) is 4.72 Å². The van der Waals surface area contributed by atoms with Crippen LogP contribution >= 0.6 is 11.6 Å². The number of benzene rings is 1. The molecule has 0 spiro atoms. The maximum absolute atomic E-state index is 11.6. The Morgan fingerprint density at radius 3 is 2.16 bits per heavy atom. The standard InChI is InChI=1S/C11H13ClN2O4S/c1-7(12)11(16)13-9-3-5-10(6-4-9)19(17,18)14-8(2)15/h3-7H,1-2H3,(H,13,16)(H,14,15)/t7-/m1/s1. The lowest BCUT2D eigenvalue weighted by Gasteiger charge is -2.08. The molecule has 0 radical (unpaired) electrons. The fourth-order valence-corrected chi connectivity index (χ4v) is 2.25. The summed E-state index contributed by atoms with van der Waals surface area (Å²) in [6.45, 7) is 2.63. The van der Waals surface area contributed by atoms with Gasteiger partial charge >= 0.3 is 0 Å². The van der Waals surface area contributed by atoms with Gasteiger partial charge in [-0.1, -0.05) is 0 Å². The first-order valence-corrected chi connectivity index (χ1v) is 7.23. The number of carbonyl (C=O) groups excluding carboxylic acids is 2. The van der Waals surface area contributed by atoms with Crippen LogP contribution in [0.5, 0.6) is 0 Å². The highest BCUT2D eigenvalue weighted by molar-refractivity contribution is 7.90. The van der Waals surface area contributed by atoms with Gasteiger partial charge in [-0.3, -0.25) is 9.59 Å². The van der Waals surface area contributed by atoms with Crippen molar-refractivity contribution in [3.63, 3.8) is 0 Å². The lowest BCUT2D eigenvalue weighted by Crippen LogP contribution is -2.28. The van der Waals surface area contributed by atoms with E-state index in [4.69, 9.17) is 11.6 Å². The number of sulfonamides is 1. The molecule has 0 aromatic heterocycles. The van der Waals surface area contributed by atoms with Crippen LogP contribution < -0.4 is 10.0 Å². The summed E-state index contributed by atoms with van der Waals surface area (Å²) in [5.74, 6) is -1.06. The van der Waals surface area contributed by atoms with Crippen LogP contribution in [0, 0.1) is 0 Å². The van der Waals surface area contributed by atoms with E-state index in [1.165, 1.54) is 31.2 Å². The van der Waals surface area contributed by atoms with Gasteiger partial charge in [0.2, 0.25) is 11.8 Å². The average molecular weight is 305 g/mol. The second-order valence-corrected chi connectivity index (χ2v) is 6.13. The number of carbonyl (C=O) groups is 2. The summed E-state index contributed by atoms with van der Waals surface area (Å²) in [6.07, 6.45) is 0. The first-order chi connectivity index (χ1) is 8.72. The molecule has 6 nitrogen and oxygen atoms in total. The Labute approximate surface area is 116 Å². The highest BCUT2D eigenvalue weighted by Crippen LogP contribution is 2.14. The van der Waals surface area contributed by atoms with Crippen molar-refractivity contribution in [2.45, 2.75) is 24.1 Å². The first-order valence-electron chi connectivity index (χ1n) is 5.31. The quantitative estimate of drug-likeness (QED) is 0.814. The Hall–Kier alpha value is -1.60. The zero-order valence-electron chi connectivity index (χ0n) is 10.3. The van der Waals surface area contributed by atoms with E-state index in [2.05, 4.69) is 5.32 Å². The summed E-state index contributed by atoms with van der Waals surface area (Å²) in [7, 11) is -3.86. The molecule has 1 atom stereocenters. The van der Waals surface area contributed by atoms with Crippen molar-refractivity contribution in [1.82, 2.24) is 4.72 Å². The van der Waals surface area contributed by atoms with E-state index >= 15 is 0 Å². The lowest BCUT2D eigenvalue weighted by atomic mass is 10.3. The number of hydrogen-bond acceptors (Lipinski definition) is 4. The van der Waals surface area contributed by atoms with Gasteiger partial charge < -0.3 is 5.32 Å². The molecule has 1 rings (SSSR count). The Morgan fingerprint density at radius 1 is 1.21 bits per heavy atom. The second kappa shape index (κ2) is 6.03. The molecule has 0 aliphatic carbocycles. The zero-order valence-corrected chi connectivity index (χ0v) is 11.9. The van der Waals surface area contributed by atoms with Gasteiger partial charge in [0.15, 0.2) is 0 Å². The van der Waals surface area contributed by atoms with Crippen LogP contribution in [0.3, 0.4) is 0 Å². The number of anilines is 1. The largest absolute Gasteiger partial charge is 0.325 e. The fourth-order valence-electron chi connectivity index (χ4n) is 1.21. The molecular formula is C11H13ClN2O4S. The van der Waals surface area contributed by atoms with Crippen LogP contribution in [-0.2, 0) is 19.6 Å². The van der Waals surface area contributed by atoms with Crippen LogP contribution in [0.2, 0.25) is 0 Å². The van der Waals surface area contributed by atoms with E-state index in [1.54, 1.807) is 0 Å². The third-order valence-corrected chi connectivity index (χ3v) is 3.72. The fraction of sp³-hybridized carbons (Fsp3) is 0.273. The van der Waals surface area contributed by atoms with Crippen molar-refractivity contribution >= 4 is 39.1 Å². The zero-order chi connectivity index (χ0) is 14.6. The number of hydrogen-bond donors (Lipinski definition) is 2. The van der Waals surface area contributed by atoms with Gasteiger partial charge in [-0.2, -0.15) is 0 Å². The van der Waals surface area contributed by atoms with Crippen molar-refractivity contribution in [3.8, 4) is 0 Å². The Balaban J connectivity index is 2.88. The van der Waals surface area contributed by atoms with E-state index in [-0.39, 0.29) is 10.8 Å². The molecule has 19 heavy (non-hydrogen) atoms. The molecule has 1 aromatic carbocycles. The minimum Gasteiger partial charge on any atom is -0.325 e. The van der Waals surface area contributed by atoms with E-state index in [0.29, 0.717) is 5.69 Å². The molecule has 8 heteroatoms. The van der Waals surface area contributed by atoms with E-state index in [0.717, 1.165) is 6.92 Å². The van der Waals surface area contributed by atoms with Crippen LogP contribution in [0.15, 0.2) is 29.2 Å². The molecule has 2 N–H and O–H groups in total. The van der Waals surface area contributed by atoms with Gasteiger partial charge in [0.05, 0.1) is 4.90 Å². The molecule has 0 bridgehead atoms. The number of halogens is 1. The molecule has 0 saturated carbocycles. The Kier molecular flexibility index (Phi) is 4.90. The SMILES string of the molecule is CC(=O)NS(=O)(=O)c1ccc(NC(=O)[C@@H](C)Cl)cc1. The topological polar surface area (TPSA) is 92.3 Å². The number of alkyl halides is 1. The van der Waals surface area contributed by atoms with Gasteiger partial charge in [0.1, 0.15) is 5.38 Å². The van der Waals surface area contributed by atoms with Gasteiger partial charge in [-0.15, -0.1) is 11.6 Å². The maximum atomic E-state index is 11.6. The van der Waals surface area contributed by atoms with E-state index in [9.17, 15) is 18.0 Å². The third-order valence-electron chi connectivity index (χ3n) is 2.07. The molecule has 2 amide bonds. The predicted molar refractivity (Wildman–Crippen MR) is 71.4 cm³/mol. The monoisotopic (exact) mass is 304 g/mol. The summed E-state index contributed by atoms with van der Waals surface area (Å²) < 4.78 is 25.1. The Morgan fingerprint density at radius 2 is 1.74 bits per heavy atom. The average Bonchev–Trinajstić information content (AvgIpc) is 2.27. The van der Waals surface area contributed by atoms with Crippen molar-refractivity contribution < 1.29 is 18.0 Å². The molecule has 0 fully saturated rings. The van der Waals surface area contributed by atoms with Crippen molar-refractivity contribution in [2.75, 3.05) is 5.32 Å². The summed E-state index contributed by atoms with van der Waals surface area (Å²) in [6, 6.07) is 5.37. The summed E-state index contributed by atoms with van der Waals surface area (Å²) in [4.78, 5) is 22.0. The molecule has 0 saturated heterocycles. The second-order valence-electron chi connectivity index (χ2n) is 3.79. The van der Waals surface area contributed by atoms with Gasteiger partial charge in [-0.25, -0.2) is 13.1 Å². The highest BCUT2D eigenvalue weighted by Gasteiger charge is 2.15. The number of amides is 2. The van der Waals surface area contributed by atoms with Crippen LogP contribution in [0.1, 0.15) is 13.8 Å². The van der Waals surface area contributed by atoms with Gasteiger partial charge in [-0.05, 0) is 31.2 Å². The molecule has 0 heterocycles. The third kappa shape index (κ3) is 4.53. The van der Waals surface area contributed by atoms with Gasteiger partial charge in [0.25, 0.3) is 10.0 Å². The number of nitrogens with one attached hydrogen (secondary N) is 2. The van der Waals surface area contributed by atoms with Crippen molar-refractivity contribution in [2.24, 2.45) is 0 Å². The Bertz CT molecular complexity index is 581. The molecule has 0 aliphatic rings. The maximum Gasteiger partial charge on any atom is 0.264 e. The molecule has 0 unspecified atom stereocenters. The summed E-state index contributed by atoms with van der Waals surface area (Å²) in [5, 5.41) is 1.82. The molecule has 1 aromatic rings. The molecule has 104 valence electrons. The smallest absolute Gasteiger partial charge is 0.264 e. The first kappa shape index (κ1) is 15.5. The van der Waals surface area contributed by atoms with Crippen molar-refractivity contribution in [1.29, 1.82) is 0 Å². The molecular weight excluding hydrogens is 292 g/mol. The minimum atomic E-state index is -3.86. The predicted octanol–water partition coefficient (Wildman–Crippen LogP) is 1.08. The highest BCUT2D eigenvalue weighted by atomic mass is 35.5. The summed E-state index contributed by atoms with van der Waals surface area (Å²) >= 11 is 5.58. The lowest BCUT2D eigenvalue weighted by molar-refractivity contribution is -0.117. The van der Waals surface area contributed by atoms with Crippen LogP contribution in [-0.4, -0.2) is 25.6 Å². The van der Waals surface area contributed by atoms with Gasteiger partial charge in [0, 0.05) is 12.6 Å². The van der Waals surface area contributed by atoms with Crippen LogP contribution in [0.4, 0.5) is 5.69 Å². The van der Waals surface area contributed by atoms with Crippen molar-refractivity contribution in [3.05, 3.63) is 24.3 Å². The minimum absolute atomic E-state index is 0.0698. The number of rotatable bonds is 4. The van der Waals surface area contributed by atoms with E-state index < -0.39 is 21.3 Å². The molecule has 0 aliphatic heterocycles. The van der Waals surface area contributed by atoms with Crippen LogP contribution in [0.25, 0.3) is 0 Å².